The first-order valence-corrected chi connectivity index (χ1v) is 7.95. The maximum Gasteiger partial charge on any atom is 0.597 e. The first kappa shape index (κ1) is 13.3. The van der Waals surface area contributed by atoms with Crippen LogP contribution < -0.4 is 0 Å². The van der Waals surface area contributed by atoms with Crippen molar-refractivity contribution in [3.05, 3.63) is 47.5 Å². The lowest BCUT2D eigenvalue weighted by atomic mass is 9.85. The Morgan fingerprint density at radius 1 is 1.05 bits per heavy atom. The standard InChI is InChI=1S/C17H18O2P/c1-11-9-12(17(2,3)4)10-14-13-7-5-6-8-15(13)20(18)19-16(11)14/h5-10H,1-4H3/q+1. The second-order valence-corrected chi connectivity index (χ2v) is 7.46. The van der Waals surface area contributed by atoms with E-state index in [0.717, 1.165) is 27.0 Å². The number of rotatable bonds is 0. The van der Waals surface area contributed by atoms with E-state index < -0.39 is 7.65 Å². The molecule has 2 nitrogen and oxygen atoms in total. The van der Waals surface area contributed by atoms with E-state index in [4.69, 9.17) is 4.20 Å². The molecule has 3 heteroatoms. The predicted octanol–water partition coefficient (Wildman–Crippen LogP) is 5.93. The van der Waals surface area contributed by atoms with Gasteiger partial charge in [0.2, 0.25) is 5.12 Å². The summed E-state index contributed by atoms with van der Waals surface area (Å²) in [4.78, 5) is 0. The van der Waals surface area contributed by atoms with Crippen molar-refractivity contribution in [2.24, 2.45) is 0 Å². The summed E-state index contributed by atoms with van der Waals surface area (Å²) in [6.07, 6.45) is 0. The summed E-state index contributed by atoms with van der Waals surface area (Å²) in [7, 11) is -1.80. The van der Waals surface area contributed by atoms with Gasteiger partial charge in [0.05, 0.1) is 0 Å². The van der Waals surface area contributed by atoms with Crippen LogP contribution in [0.4, 0.5) is 0 Å². The Balaban J connectivity index is 2.54. The van der Waals surface area contributed by atoms with Crippen LogP contribution >= 0.6 is 7.65 Å². The van der Waals surface area contributed by atoms with Crippen LogP contribution in [0.15, 0.2) is 40.6 Å². The molecule has 2 aromatic carbocycles. The van der Waals surface area contributed by atoms with Crippen LogP contribution in [0.25, 0.3) is 21.5 Å². The van der Waals surface area contributed by atoms with Gasteiger partial charge in [-0.1, -0.05) is 39.0 Å². The minimum absolute atomic E-state index is 0.0778. The fraction of sp³-hybridized carbons (Fsp3) is 0.294. The van der Waals surface area contributed by atoms with Gasteiger partial charge in [0.1, 0.15) is 0 Å². The quantitative estimate of drug-likeness (QED) is 0.479. The molecule has 0 spiro atoms. The third-order valence-corrected chi connectivity index (χ3v) is 4.84. The second-order valence-electron chi connectivity index (χ2n) is 6.29. The Labute approximate surface area is 119 Å². The van der Waals surface area contributed by atoms with E-state index in [2.05, 4.69) is 32.9 Å². The third kappa shape index (κ3) is 2.05. The Kier molecular flexibility index (Phi) is 2.95. The van der Waals surface area contributed by atoms with Gasteiger partial charge in [-0.3, -0.25) is 0 Å². The van der Waals surface area contributed by atoms with E-state index in [1.54, 1.807) is 0 Å². The maximum atomic E-state index is 12.2. The molecule has 1 atom stereocenters. The fourth-order valence-electron chi connectivity index (χ4n) is 2.52. The summed E-state index contributed by atoms with van der Waals surface area (Å²) in [5.74, 6) is 0. The molecular formula is C17H18O2P+. The fourth-order valence-corrected chi connectivity index (χ4v) is 3.63. The van der Waals surface area contributed by atoms with Crippen LogP contribution in [-0.2, 0) is 9.98 Å². The van der Waals surface area contributed by atoms with Crippen LogP contribution in [0.2, 0.25) is 0 Å². The molecule has 0 fully saturated rings. The number of hydrogen-bond acceptors (Lipinski definition) is 2. The van der Waals surface area contributed by atoms with Gasteiger partial charge in [0.25, 0.3) is 0 Å². The maximum absolute atomic E-state index is 12.2. The van der Waals surface area contributed by atoms with Gasteiger partial charge in [0, 0.05) is 10.8 Å². The van der Waals surface area contributed by atoms with Crippen molar-refractivity contribution >= 4 is 29.1 Å². The van der Waals surface area contributed by atoms with Gasteiger partial charge >= 0.3 is 7.65 Å². The molecule has 0 aliphatic heterocycles. The average Bonchev–Trinajstić information content (AvgIpc) is 2.39. The molecule has 0 amide bonds. The second kappa shape index (κ2) is 4.43. The van der Waals surface area contributed by atoms with Gasteiger partial charge in [-0.2, -0.15) is 0 Å². The Morgan fingerprint density at radius 3 is 2.45 bits per heavy atom. The van der Waals surface area contributed by atoms with Crippen molar-refractivity contribution in [1.82, 2.24) is 0 Å². The molecule has 102 valence electrons. The average molecular weight is 285 g/mol. The summed E-state index contributed by atoms with van der Waals surface area (Å²) in [6.45, 7) is 8.61. The van der Waals surface area contributed by atoms with Crippen LogP contribution in [-0.4, -0.2) is 0 Å². The molecule has 3 rings (SSSR count). The van der Waals surface area contributed by atoms with E-state index >= 15 is 0 Å². The zero-order valence-corrected chi connectivity index (χ0v) is 13.1. The first-order valence-electron chi connectivity index (χ1n) is 6.77. The van der Waals surface area contributed by atoms with Crippen LogP contribution in [0, 0.1) is 6.92 Å². The molecule has 1 unspecified atom stereocenters. The number of aryl methyl sites for hydroxylation is 1. The van der Waals surface area contributed by atoms with E-state index in [1.807, 2.05) is 31.2 Å². The highest BCUT2D eigenvalue weighted by molar-refractivity contribution is 7.37. The minimum Gasteiger partial charge on any atom is -0.249 e. The molecule has 0 saturated carbocycles. The third-order valence-electron chi connectivity index (χ3n) is 3.71. The lowest BCUT2D eigenvalue weighted by molar-refractivity contribution is 0.562. The van der Waals surface area contributed by atoms with Crippen molar-refractivity contribution in [3.63, 3.8) is 0 Å². The lowest BCUT2D eigenvalue weighted by Crippen LogP contribution is -2.11. The van der Waals surface area contributed by atoms with Crippen LogP contribution in [0.1, 0.15) is 31.9 Å². The minimum atomic E-state index is -1.80. The molecule has 3 aromatic rings. The summed E-state index contributed by atoms with van der Waals surface area (Å²) in [5, 5.41) is 2.88. The topological polar surface area (TPSA) is 30.2 Å². The van der Waals surface area contributed by atoms with Gasteiger partial charge in [-0.25, -0.2) is 4.20 Å². The predicted molar refractivity (Wildman–Crippen MR) is 84.8 cm³/mol. The molecule has 1 aromatic heterocycles. The van der Waals surface area contributed by atoms with E-state index in [9.17, 15) is 4.57 Å². The summed E-state index contributed by atoms with van der Waals surface area (Å²) < 4.78 is 17.9. The zero-order chi connectivity index (χ0) is 14.5. The van der Waals surface area contributed by atoms with E-state index in [0.29, 0.717) is 0 Å². The molecule has 0 aliphatic carbocycles. The van der Waals surface area contributed by atoms with Gasteiger partial charge in [0.15, 0.2) is 5.58 Å². The summed E-state index contributed by atoms with van der Waals surface area (Å²) >= 11 is 0. The molecule has 0 N–H and O–H groups in total. The van der Waals surface area contributed by atoms with Crippen LogP contribution in [0.5, 0.6) is 0 Å². The first-order chi connectivity index (χ1) is 9.38. The van der Waals surface area contributed by atoms with Gasteiger partial charge in [-0.15, -0.1) is 0 Å². The molecule has 1 heterocycles. The van der Waals surface area contributed by atoms with Crippen molar-refractivity contribution in [2.75, 3.05) is 0 Å². The van der Waals surface area contributed by atoms with Crippen molar-refractivity contribution < 1.29 is 8.76 Å². The molecule has 0 aliphatic rings. The number of hydrogen-bond donors (Lipinski definition) is 0. The monoisotopic (exact) mass is 285 g/mol. The smallest absolute Gasteiger partial charge is 0.249 e. The number of fused-ring (bicyclic) bond motifs is 3. The summed E-state index contributed by atoms with van der Waals surface area (Å²) in [6, 6.07) is 12.1. The van der Waals surface area contributed by atoms with E-state index in [1.165, 1.54) is 5.56 Å². The van der Waals surface area contributed by atoms with Crippen molar-refractivity contribution in [1.29, 1.82) is 0 Å². The van der Waals surface area contributed by atoms with Crippen molar-refractivity contribution in [3.8, 4) is 0 Å². The largest absolute Gasteiger partial charge is 0.597 e. The highest BCUT2D eigenvalue weighted by Crippen LogP contribution is 2.38. The lowest BCUT2D eigenvalue weighted by Gasteiger charge is -2.20. The molecule has 0 saturated heterocycles. The van der Waals surface area contributed by atoms with E-state index in [-0.39, 0.29) is 5.41 Å². The summed E-state index contributed by atoms with van der Waals surface area (Å²) in [5.41, 5.74) is 3.15. The Hall–Kier alpha value is -1.66. The SMILES string of the molecule is Cc1cc(C(C)(C)C)cc2c1o[p+](=O)c1ccccc21. The van der Waals surface area contributed by atoms with Crippen molar-refractivity contribution in [2.45, 2.75) is 33.1 Å². The highest BCUT2D eigenvalue weighted by atomic mass is 31.1. The molecule has 0 bridgehead atoms. The Bertz CT molecular complexity index is 870. The van der Waals surface area contributed by atoms with Gasteiger partial charge < -0.3 is 0 Å². The zero-order valence-electron chi connectivity index (χ0n) is 12.2. The molecule has 0 radical (unpaired) electrons. The normalized spacial score (nSPS) is 13.1. The van der Waals surface area contributed by atoms with Crippen LogP contribution in [0.3, 0.4) is 0 Å². The highest BCUT2D eigenvalue weighted by Gasteiger charge is 2.21. The molecular weight excluding hydrogens is 267 g/mol. The van der Waals surface area contributed by atoms with Gasteiger partial charge in [-0.05, 0) is 46.2 Å². The Morgan fingerprint density at radius 2 is 1.75 bits per heavy atom. The number of benzene rings is 2. The molecule has 20 heavy (non-hydrogen) atoms.